The SMILES string of the molecule is O=S1(=O)CC[C@@H](n2nc(-c3ccccc3)cc2NS(=O)(=O)c2ccc(Cl)cc2)C1. The second kappa shape index (κ2) is 7.47. The molecule has 10 heteroatoms. The van der Waals surface area contributed by atoms with E-state index < -0.39 is 25.9 Å². The van der Waals surface area contributed by atoms with Crippen molar-refractivity contribution in [2.45, 2.75) is 17.4 Å². The Bertz CT molecular complexity index is 1240. The number of nitrogens with one attached hydrogen (secondary N) is 1. The zero-order valence-corrected chi connectivity index (χ0v) is 17.6. The Hall–Kier alpha value is -2.36. The number of aromatic nitrogens is 2. The number of sulfone groups is 1. The minimum absolute atomic E-state index is 0.0509. The van der Waals surface area contributed by atoms with Gasteiger partial charge >= 0.3 is 0 Å². The van der Waals surface area contributed by atoms with Crippen molar-refractivity contribution in [1.82, 2.24) is 9.78 Å². The monoisotopic (exact) mass is 451 g/mol. The number of hydrogen-bond donors (Lipinski definition) is 1. The fraction of sp³-hybridized carbons (Fsp3) is 0.211. The van der Waals surface area contributed by atoms with E-state index in [1.807, 2.05) is 30.3 Å². The molecule has 1 aliphatic heterocycles. The van der Waals surface area contributed by atoms with Crippen LogP contribution in [0.3, 0.4) is 0 Å². The van der Waals surface area contributed by atoms with E-state index in [0.717, 1.165) is 5.56 Å². The Morgan fingerprint density at radius 2 is 1.76 bits per heavy atom. The Balaban J connectivity index is 1.75. The summed E-state index contributed by atoms with van der Waals surface area (Å²) in [5.74, 6) is 0.209. The lowest BCUT2D eigenvalue weighted by molar-refractivity contribution is 0.507. The minimum atomic E-state index is -3.90. The van der Waals surface area contributed by atoms with Crippen molar-refractivity contribution in [3.63, 3.8) is 0 Å². The maximum absolute atomic E-state index is 12.8. The third kappa shape index (κ3) is 4.31. The summed E-state index contributed by atoms with van der Waals surface area (Å²) < 4.78 is 53.6. The summed E-state index contributed by atoms with van der Waals surface area (Å²) in [6.07, 6.45) is 0.383. The molecule has 0 spiro atoms. The normalized spacial score (nSPS) is 18.6. The summed E-state index contributed by atoms with van der Waals surface area (Å²) in [5, 5.41) is 4.95. The third-order valence-corrected chi connectivity index (χ3v) is 8.10. The van der Waals surface area contributed by atoms with Gasteiger partial charge in [0.25, 0.3) is 10.0 Å². The molecule has 0 saturated carbocycles. The highest BCUT2D eigenvalue weighted by Gasteiger charge is 2.32. The van der Waals surface area contributed by atoms with Crippen LogP contribution in [0.25, 0.3) is 11.3 Å². The highest BCUT2D eigenvalue weighted by molar-refractivity contribution is 7.92. The maximum Gasteiger partial charge on any atom is 0.263 e. The van der Waals surface area contributed by atoms with Gasteiger partial charge in [0, 0.05) is 16.7 Å². The lowest BCUT2D eigenvalue weighted by Crippen LogP contribution is -2.19. The molecule has 1 saturated heterocycles. The van der Waals surface area contributed by atoms with Crippen LogP contribution in [0.2, 0.25) is 5.02 Å². The second-order valence-electron chi connectivity index (χ2n) is 6.84. The molecular weight excluding hydrogens is 434 g/mol. The van der Waals surface area contributed by atoms with E-state index >= 15 is 0 Å². The Morgan fingerprint density at radius 1 is 1.07 bits per heavy atom. The topological polar surface area (TPSA) is 98.1 Å². The van der Waals surface area contributed by atoms with Gasteiger partial charge in [0.15, 0.2) is 9.84 Å². The van der Waals surface area contributed by atoms with Gasteiger partial charge in [-0.2, -0.15) is 5.10 Å². The van der Waals surface area contributed by atoms with Crippen molar-refractivity contribution in [2.75, 3.05) is 16.2 Å². The van der Waals surface area contributed by atoms with Gasteiger partial charge in [0.2, 0.25) is 0 Å². The minimum Gasteiger partial charge on any atom is -0.264 e. The second-order valence-corrected chi connectivity index (χ2v) is 11.2. The number of halogens is 1. The molecule has 1 aliphatic rings. The molecule has 1 aromatic heterocycles. The first-order valence-electron chi connectivity index (χ1n) is 8.87. The van der Waals surface area contributed by atoms with Crippen LogP contribution >= 0.6 is 11.6 Å². The standard InChI is InChI=1S/C19H18ClN3O4S2/c20-15-6-8-17(9-7-15)29(26,27)22-19-12-18(14-4-2-1-3-5-14)21-23(19)16-10-11-28(24,25)13-16/h1-9,12,16,22H,10-11,13H2/t16-/m1/s1. The largest absolute Gasteiger partial charge is 0.264 e. The van der Waals surface area contributed by atoms with Crippen LogP contribution in [-0.2, 0) is 19.9 Å². The van der Waals surface area contributed by atoms with Crippen molar-refractivity contribution in [1.29, 1.82) is 0 Å². The van der Waals surface area contributed by atoms with Gasteiger partial charge in [-0.1, -0.05) is 41.9 Å². The highest BCUT2D eigenvalue weighted by Crippen LogP contribution is 2.31. The quantitative estimate of drug-likeness (QED) is 0.641. The first-order chi connectivity index (χ1) is 13.7. The molecule has 3 aromatic rings. The summed E-state index contributed by atoms with van der Waals surface area (Å²) in [5.41, 5.74) is 1.36. The molecular formula is C19H18ClN3O4S2. The summed E-state index contributed by atoms with van der Waals surface area (Å²) in [6, 6.07) is 16.3. The van der Waals surface area contributed by atoms with Crippen LogP contribution in [0.4, 0.5) is 5.82 Å². The molecule has 7 nitrogen and oxygen atoms in total. The van der Waals surface area contributed by atoms with Crippen molar-refractivity contribution in [3.8, 4) is 11.3 Å². The van der Waals surface area contributed by atoms with E-state index in [1.165, 1.54) is 28.9 Å². The van der Waals surface area contributed by atoms with E-state index in [9.17, 15) is 16.8 Å². The lowest BCUT2D eigenvalue weighted by Gasteiger charge is -2.14. The van der Waals surface area contributed by atoms with Crippen LogP contribution in [-0.4, -0.2) is 38.1 Å². The smallest absolute Gasteiger partial charge is 0.263 e. The molecule has 1 atom stereocenters. The zero-order chi connectivity index (χ0) is 20.6. The third-order valence-electron chi connectivity index (χ3n) is 4.72. The van der Waals surface area contributed by atoms with Crippen LogP contribution in [0.1, 0.15) is 12.5 Å². The Kier molecular flexibility index (Phi) is 5.14. The summed E-state index contributed by atoms with van der Waals surface area (Å²) in [4.78, 5) is 0.0509. The van der Waals surface area contributed by atoms with Crippen LogP contribution < -0.4 is 4.72 Å². The summed E-state index contributed by atoms with van der Waals surface area (Å²) >= 11 is 5.84. The number of hydrogen-bond acceptors (Lipinski definition) is 5. The average Bonchev–Trinajstić information content (AvgIpc) is 3.25. The van der Waals surface area contributed by atoms with E-state index in [1.54, 1.807) is 6.07 Å². The molecule has 0 unspecified atom stereocenters. The summed E-state index contributed by atoms with van der Waals surface area (Å²) in [7, 11) is -7.07. The average molecular weight is 452 g/mol. The van der Waals surface area contributed by atoms with Gasteiger partial charge in [-0.25, -0.2) is 21.5 Å². The van der Waals surface area contributed by atoms with Gasteiger partial charge < -0.3 is 0 Å². The maximum atomic E-state index is 12.8. The number of nitrogens with zero attached hydrogens (tertiary/aromatic N) is 2. The van der Waals surface area contributed by atoms with Gasteiger partial charge in [0.1, 0.15) is 5.82 Å². The number of anilines is 1. The molecule has 29 heavy (non-hydrogen) atoms. The van der Waals surface area contributed by atoms with E-state index in [-0.39, 0.29) is 22.2 Å². The fourth-order valence-corrected chi connectivity index (χ4v) is 6.14. The Labute approximate surface area is 174 Å². The molecule has 2 aromatic carbocycles. The lowest BCUT2D eigenvalue weighted by atomic mass is 10.2. The van der Waals surface area contributed by atoms with Crippen LogP contribution in [0.15, 0.2) is 65.6 Å². The predicted molar refractivity (Wildman–Crippen MR) is 112 cm³/mol. The van der Waals surface area contributed by atoms with Crippen LogP contribution in [0, 0.1) is 0 Å². The van der Waals surface area contributed by atoms with Gasteiger partial charge in [-0.3, -0.25) is 4.72 Å². The summed E-state index contributed by atoms with van der Waals surface area (Å²) in [6.45, 7) is 0. The van der Waals surface area contributed by atoms with Crippen molar-refractivity contribution in [3.05, 3.63) is 65.7 Å². The first-order valence-corrected chi connectivity index (χ1v) is 12.6. The molecule has 1 fully saturated rings. The number of benzene rings is 2. The molecule has 4 rings (SSSR count). The van der Waals surface area contributed by atoms with Crippen LogP contribution in [0.5, 0.6) is 0 Å². The number of sulfonamides is 1. The predicted octanol–water partition coefficient (Wildman–Crippen LogP) is 3.36. The molecule has 0 bridgehead atoms. The van der Waals surface area contributed by atoms with Crippen molar-refractivity contribution < 1.29 is 16.8 Å². The molecule has 2 heterocycles. The molecule has 0 amide bonds. The molecule has 152 valence electrons. The Morgan fingerprint density at radius 3 is 2.38 bits per heavy atom. The number of rotatable bonds is 5. The highest BCUT2D eigenvalue weighted by atomic mass is 35.5. The van der Waals surface area contributed by atoms with E-state index in [0.29, 0.717) is 17.1 Å². The fourth-order valence-electron chi connectivity index (χ4n) is 3.28. The molecule has 0 aliphatic carbocycles. The molecule has 1 N–H and O–H groups in total. The molecule has 0 radical (unpaired) electrons. The zero-order valence-electron chi connectivity index (χ0n) is 15.2. The van der Waals surface area contributed by atoms with Gasteiger partial charge in [0.05, 0.1) is 28.1 Å². The van der Waals surface area contributed by atoms with Crippen molar-refractivity contribution >= 4 is 37.3 Å². The van der Waals surface area contributed by atoms with E-state index in [2.05, 4.69) is 9.82 Å². The van der Waals surface area contributed by atoms with E-state index in [4.69, 9.17) is 11.6 Å². The first kappa shape index (κ1) is 19.9. The van der Waals surface area contributed by atoms with Crippen molar-refractivity contribution in [2.24, 2.45) is 0 Å². The van der Waals surface area contributed by atoms with Gasteiger partial charge in [-0.05, 0) is 30.7 Å². The van der Waals surface area contributed by atoms with Gasteiger partial charge in [-0.15, -0.1) is 0 Å².